The lowest BCUT2D eigenvalue weighted by molar-refractivity contribution is 0.0692. The first-order valence-electron chi connectivity index (χ1n) is 15.6. The fraction of sp³-hybridized carbons (Fsp3) is 0.100. The molecule has 2 amide bonds. The molecule has 4 N–H and O–H groups in total. The minimum atomic E-state index is -1.51. The molecule has 0 saturated carbocycles. The van der Waals surface area contributed by atoms with Crippen molar-refractivity contribution in [2.24, 2.45) is 0 Å². The van der Waals surface area contributed by atoms with Crippen LogP contribution in [0.2, 0.25) is 0 Å². The van der Waals surface area contributed by atoms with Gasteiger partial charge in [-0.1, -0.05) is 103 Å². The first kappa shape index (κ1) is 30.4. The van der Waals surface area contributed by atoms with E-state index in [1.54, 1.807) is 6.07 Å². The van der Waals surface area contributed by atoms with E-state index in [9.17, 15) is 29.4 Å². The van der Waals surface area contributed by atoms with E-state index in [-0.39, 0.29) is 35.2 Å². The quantitative estimate of drug-likeness (QED) is 0.0939. The van der Waals surface area contributed by atoms with Crippen molar-refractivity contribution in [2.45, 2.75) is 12.8 Å². The van der Waals surface area contributed by atoms with Crippen molar-refractivity contribution in [1.29, 1.82) is 0 Å². The molecule has 0 aromatic heterocycles. The Balaban J connectivity index is 1.52. The van der Waals surface area contributed by atoms with Gasteiger partial charge in [0.25, 0.3) is 11.8 Å². The molecule has 8 nitrogen and oxygen atoms in total. The molecule has 0 aliphatic carbocycles. The number of carboxylic acid groups (broad SMARTS) is 2. The maximum atomic E-state index is 14.4. The fourth-order valence-electron chi connectivity index (χ4n) is 6.84. The number of benzene rings is 7. The second-order valence-corrected chi connectivity index (χ2v) is 11.7. The maximum Gasteiger partial charge on any atom is 0.337 e. The van der Waals surface area contributed by atoms with Crippen LogP contribution in [-0.2, 0) is 12.8 Å². The van der Waals surface area contributed by atoms with Crippen LogP contribution in [0.4, 0.5) is 0 Å². The molecule has 0 unspecified atom stereocenters. The van der Waals surface area contributed by atoms with Gasteiger partial charge in [0, 0.05) is 23.9 Å². The Kier molecular flexibility index (Phi) is 7.90. The summed E-state index contributed by atoms with van der Waals surface area (Å²) in [5.74, 6) is -4.25. The molecule has 0 bridgehead atoms. The summed E-state index contributed by atoms with van der Waals surface area (Å²) < 4.78 is 0. The van der Waals surface area contributed by atoms with Gasteiger partial charge in [-0.15, -0.1) is 0 Å². The summed E-state index contributed by atoms with van der Waals surface area (Å²) in [5.41, 5.74) is 0.695. The third kappa shape index (κ3) is 5.23. The zero-order chi connectivity index (χ0) is 33.4. The van der Waals surface area contributed by atoms with Crippen LogP contribution in [0.15, 0.2) is 109 Å². The number of carboxylic acids is 2. The van der Waals surface area contributed by atoms with Crippen LogP contribution in [0.1, 0.15) is 52.6 Å². The predicted molar refractivity (Wildman–Crippen MR) is 187 cm³/mol. The lowest BCUT2D eigenvalue weighted by Crippen LogP contribution is -2.33. The highest BCUT2D eigenvalue weighted by Gasteiger charge is 2.33. The minimum absolute atomic E-state index is 0.0944. The van der Waals surface area contributed by atoms with Gasteiger partial charge < -0.3 is 20.8 Å². The van der Waals surface area contributed by atoms with Crippen LogP contribution < -0.4 is 10.6 Å². The summed E-state index contributed by atoms with van der Waals surface area (Å²) in [5, 5.41) is 31.1. The average Bonchev–Trinajstić information content (AvgIpc) is 3.10. The van der Waals surface area contributed by atoms with Gasteiger partial charge in [0.05, 0.1) is 22.3 Å². The van der Waals surface area contributed by atoms with E-state index in [1.807, 2.05) is 97.1 Å². The molecule has 7 aromatic rings. The molecule has 7 rings (SSSR count). The highest BCUT2D eigenvalue weighted by atomic mass is 16.4. The molecule has 0 saturated heterocycles. The van der Waals surface area contributed by atoms with Gasteiger partial charge >= 0.3 is 11.9 Å². The smallest absolute Gasteiger partial charge is 0.337 e. The summed E-state index contributed by atoms with van der Waals surface area (Å²) >= 11 is 0. The molecule has 0 radical (unpaired) electrons. The van der Waals surface area contributed by atoms with Crippen molar-refractivity contribution < 1.29 is 29.4 Å². The van der Waals surface area contributed by atoms with Gasteiger partial charge in [0.2, 0.25) is 0 Å². The zero-order valence-electron chi connectivity index (χ0n) is 25.7. The number of carbonyl (C=O) groups excluding carboxylic acids is 2. The van der Waals surface area contributed by atoms with Crippen molar-refractivity contribution in [3.05, 3.63) is 143 Å². The van der Waals surface area contributed by atoms with E-state index in [0.717, 1.165) is 27.3 Å². The number of aromatic carboxylic acids is 2. The van der Waals surface area contributed by atoms with Crippen LogP contribution in [-0.4, -0.2) is 47.1 Å². The normalized spacial score (nSPS) is 11.3. The number of hydrogen-bond acceptors (Lipinski definition) is 4. The number of fused-ring (bicyclic) bond motifs is 2. The standard InChI is InChI=1S/C40H30N2O6/c43-37(41-21-19-23-9-3-1-4-10-23)34-32-28-16-8-14-25-13-7-15-26(30(25)28)27-17-18-29(39(45)46)33(31(27)32)36(40(47)48)35(34)38(44)42-22-20-24-11-5-2-6-12-24/h1-18H,19-22H2,(H,41,43)(H,42,44)(H,45,46)(H,47,48). The first-order valence-corrected chi connectivity index (χ1v) is 15.6. The summed E-state index contributed by atoms with van der Waals surface area (Å²) in [6, 6.07) is 33.4. The highest BCUT2D eigenvalue weighted by molar-refractivity contribution is 6.40. The fourth-order valence-corrected chi connectivity index (χ4v) is 6.84. The van der Waals surface area contributed by atoms with E-state index in [2.05, 4.69) is 10.6 Å². The van der Waals surface area contributed by atoms with Gasteiger partial charge in [-0.25, -0.2) is 9.59 Å². The summed E-state index contributed by atoms with van der Waals surface area (Å²) in [6.45, 7) is 0.384. The molecular formula is C40H30N2O6. The molecule has 0 aliphatic heterocycles. The van der Waals surface area contributed by atoms with Gasteiger partial charge in [0.1, 0.15) is 0 Å². The molecule has 8 heteroatoms. The molecule has 236 valence electrons. The van der Waals surface area contributed by atoms with E-state index >= 15 is 0 Å². The maximum absolute atomic E-state index is 14.4. The minimum Gasteiger partial charge on any atom is -0.478 e. The van der Waals surface area contributed by atoms with Gasteiger partial charge in [-0.3, -0.25) is 9.59 Å². The molecule has 0 fully saturated rings. The lowest BCUT2D eigenvalue weighted by atomic mass is 9.81. The second kappa shape index (κ2) is 12.5. The Morgan fingerprint density at radius 1 is 0.458 bits per heavy atom. The monoisotopic (exact) mass is 634 g/mol. The van der Waals surface area contributed by atoms with Gasteiger partial charge in [0.15, 0.2) is 0 Å². The van der Waals surface area contributed by atoms with E-state index in [0.29, 0.717) is 34.4 Å². The number of hydrogen-bond donors (Lipinski definition) is 4. The summed E-state index contributed by atoms with van der Waals surface area (Å²) in [4.78, 5) is 54.6. The van der Waals surface area contributed by atoms with Crippen LogP contribution in [0.5, 0.6) is 0 Å². The third-order valence-corrected chi connectivity index (χ3v) is 8.90. The van der Waals surface area contributed by atoms with E-state index in [4.69, 9.17) is 0 Å². The lowest BCUT2D eigenvalue weighted by Gasteiger charge is -2.23. The highest BCUT2D eigenvalue weighted by Crippen LogP contribution is 2.45. The summed E-state index contributed by atoms with van der Waals surface area (Å²) in [6.07, 6.45) is 0.970. The number of nitrogens with one attached hydrogen (secondary N) is 2. The topological polar surface area (TPSA) is 133 Å². The van der Waals surface area contributed by atoms with E-state index < -0.39 is 29.3 Å². The first-order chi connectivity index (χ1) is 23.3. The van der Waals surface area contributed by atoms with Crippen molar-refractivity contribution in [3.63, 3.8) is 0 Å². The molecule has 7 aromatic carbocycles. The molecule has 48 heavy (non-hydrogen) atoms. The van der Waals surface area contributed by atoms with Crippen molar-refractivity contribution in [2.75, 3.05) is 13.1 Å². The molecule has 0 atom stereocenters. The van der Waals surface area contributed by atoms with Crippen LogP contribution in [0, 0.1) is 0 Å². The number of carbonyl (C=O) groups is 4. The zero-order valence-corrected chi connectivity index (χ0v) is 25.7. The SMILES string of the molecule is O=C(NCCc1ccccc1)c1c(C(=O)O)c2c(C(=O)O)ccc3c4cccc5cccc(c(c1C(=O)NCCc1ccccc1)c23)c54. The van der Waals surface area contributed by atoms with Gasteiger partial charge in [-0.2, -0.15) is 0 Å². The Bertz CT molecular complexity index is 2380. The molecular weight excluding hydrogens is 604 g/mol. The summed E-state index contributed by atoms with van der Waals surface area (Å²) in [7, 11) is 0. The largest absolute Gasteiger partial charge is 0.478 e. The van der Waals surface area contributed by atoms with Crippen LogP contribution >= 0.6 is 0 Å². The van der Waals surface area contributed by atoms with Crippen LogP contribution in [0.3, 0.4) is 0 Å². The Morgan fingerprint density at radius 3 is 1.56 bits per heavy atom. The Labute approximate surface area is 275 Å². The third-order valence-electron chi connectivity index (χ3n) is 8.90. The van der Waals surface area contributed by atoms with Crippen LogP contribution in [0.25, 0.3) is 43.1 Å². The van der Waals surface area contributed by atoms with Crippen molar-refractivity contribution in [1.82, 2.24) is 10.6 Å². The predicted octanol–water partition coefficient (Wildman–Crippen LogP) is 7.08. The van der Waals surface area contributed by atoms with E-state index in [1.165, 1.54) is 6.07 Å². The van der Waals surface area contributed by atoms with Crippen molar-refractivity contribution >= 4 is 66.8 Å². The van der Waals surface area contributed by atoms with Gasteiger partial charge in [-0.05, 0) is 62.4 Å². The molecule has 0 spiro atoms. The Morgan fingerprint density at radius 2 is 1.00 bits per heavy atom. The van der Waals surface area contributed by atoms with Crippen molar-refractivity contribution in [3.8, 4) is 0 Å². The number of amides is 2. The molecule has 0 aliphatic rings. The second-order valence-electron chi connectivity index (χ2n) is 11.7. The number of rotatable bonds is 10. The molecule has 0 heterocycles. The average molecular weight is 635 g/mol. The Hall–Kier alpha value is -6.28.